The molecule has 1 rings (SSSR count). The van der Waals surface area contributed by atoms with Crippen molar-refractivity contribution in [1.82, 2.24) is 5.32 Å². The van der Waals surface area contributed by atoms with Crippen molar-refractivity contribution in [2.45, 2.75) is 32.9 Å². The summed E-state index contributed by atoms with van der Waals surface area (Å²) in [5, 5.41) is 2.77. The molecule has 1 aromatic carbocycles. The molecule has 0 saturated carbocycles. The molecule has 0 heterocycles. The summed E-state index contributed by atoms with van der Waals surface area (Å²) in [7, 11) is 0. The van der Waals surface area contributed by atoms with Gasteiger partial charge in [0.25, 0.3) is 0 Å². The zero-order chi connectivity index (χ0) is 15.0. The Morgan fingerprint density at radius 1 is 1.35 bits per heavy atom. The largest absolute Gasteiger partial charge is 0.435 e. The monoisotopic (exact) mass is 286 g/mol. The Morgan fingerprint density at radius 2 is 2.00 bits per heavy atom. The highest BCUT2D eigenvalue weighted by molar-refractivity contribution is 5.75. The first-order valence-electron chi connectivity index (χ1n) is 6.51. The van der Waals surface area contributed by atoms with Crippen molar-refractivity contribution in [3.05, 3.63) is 29.8 Å². The smallest absolute Gasteiger partial charge is 0.387 e. The summed E-state index contributed by atoms with van der Waals surface area (Å²) in [5.41, 5.74) is 6.30. The molecule has 6 heteroatoms. The predicted octanol–water partition coefficient (Wildman–Crippen LogP) is 2.28. The average Bonchev–Trinajstić information content (AvgIpc) is 2.43. The van der Waals surface area contributed by atoms with Gasteiger partial charge in [0.2, 0.25) is 5.91 Å². The third-order valence-electron chi connectivity index (χ3n) is 2.90. The lowest BCUT2D eigenvalue weighted by atomic mass is 10.1. The summed E-state index contributed by atoms with van der Waals surface area (Å²) in [4.78, 5) is 11.6. The van der Waals surface area contributed by atoms with E-state index in [0.29, 0.717) is 25.4 Å². The standard InChI is InChI=1S/C14H20F2N2O2/c1-10(8-17)2-7-13(19)18-9-11-3-5-12(6-4-11)20-14(15)16/h3-6,10,14H,2,7-9,17H2,1H3,(H,18,19). The van der Waals surface area contributed by atoms with Crippen LogP contribution in [0.15, 0.2) is 24.3 Å². The van der Waals surface area contributed by atoms with Crippen LogP contribution in [0.5, 0.6) is 5.75 Å². The number of amides is 1. The molecule has 0 spiro atoms. The molecule has 0 aliphatic rings. The predicted molar refractivity (Wildman–Crippen MR) is 72.4 cm³/mol. The number of rotatable bonds is 8. The summed E-state index contributed by atoms with van der Waals surface area (Å²) >= 11 is 0. The van der Waals surface area contributed by atoms with Crippen LogP contribution in [0.25, 0.3) is 0 Å². The van der Waals surface area contributed by atoms with Gasteiger partial charge in [-0.2, -0.15) is 8.78 Å². The zero-order valence-electron chi connectivity index (χ0n) is 11.4. The molecule has 3 N–H and O–H groups in total. The second-order valence-electron chi connectivity index (χ2n) is 4.68. The lowest BCUT2D eigenvalue weighted by molar-refractivity contribution is -0.121. The Bertz CT molecular complexity index is 410. The number of nitrogens with one attached hydrogen (secondary N) is 1. The van der Waals surface area contributed by atoms with Crippen LogP contribution in [0.4, 0.5) is 8.78 Å². The highest BCUT2D eigenvalue weighted by Gasteiger charge is 2.06. The molecule has 0 radical (unpaired) electrons. The van der Waals surface area contributed by atoms with E-state index in [1.807, 2.05) is 6.92 Å². The SMILES string of the molecule is CC(CN)CCC(=O)NCc1ccc(OC(F)F)cc1. The normalized spacial score (nSPS) is 12.2. The van der Waals surface area contributed by atoms with Crippen LogP contribution in [0, 0.1) is 5.92 Å². The van der Waals surface area contributed by atoms with Crippen molar-refractivity contribution in [3.63, 3.8) is 0 Å². The number of carbonyl (C=O) groups is 1. The third-order valence-corrected chi connectivity index (χ3v) is 2.90. The molecule has 4 nitrogen and oxygen atoms in total. The summed E-state index contributed by atoms with van der Waals surface area (Å²) < 4.78 is 28.2. The summed E-state index contributed by atoms with van der Waals surface area (Å²) in [6, 6.07) is 6.18. The molecule has 1 aromatic rings. The lowest BCUT2D eigenvalue weighted by Crippen LogP contribution is -2.23. The van der Waals surface area contributed by atoms with Gasteiger partial charge in [-0.1, -0.05) is 19.1 Å². The van der Waals surface area contributed by atoms with Crippen molar-refractivity contribution in [2.24, 2.45) is 11.7 Å². The van der Waals surface area contributed by atoms with Gasteiger partial charge in [0.05, 0.1) is 0 Å². The second kappa shape index (κ2) is 8.47. The van der Waals surface area contributed by atoms with E-state index in [0.717, 1.165) is 12.0 Å². The molecule has 1 amide bonds. The van der Waals surface area contributed by atoms with Gasteiger partial charge in [0, 0.05) is 13.0 Å². The fraction of sp³-hybridized carbons (Fsp3) is 0.500. The first kappa shape index (κ1) is 16.4. The van der Waals surface area contributed by atoms with Crippen LogP contribution in [0.1, 0.15) is 25.3 Å². The van der Waals surface area contributed by atoms with E-state index in [1.165, 1.54) is 12.1 Å². The van der Waals surface area contributed by atoms with E-state index in [2.05, 4.69) is 10.1 Å². The number of alkyl halides is 2. The van der Waals surface area contributed by atoms with Gasteiger partial charge in [-0.15, -0.1) is 0 Å². The van der Waals surface area contributed by atoms with Crippen LogP contribution in [-0.2, 0) is 11.3 Å². The van der Waals surface area contributed by atoms with Crippen molar-refractivity contribution in [3.8, 4) is 5.75 Å². The Labute approximate surface area is 117 Å². The summed E-state index contributed by atoms with van der Waals surface area (Å²) in [6.45, 7) is 0.101. The molecule has 112 valence electrons. The summed E-state index contributed by atoms with van der Waals surface area (Å²) in [5.74, 6) is 0.386. The number of hydrogen-bond donors (Lipinski definition) is 2. The number of ether oxygens (including phenoxy) is 1. The average molecular weight is 286 g/mol. The van der Waals surface area contributed by atoms with E-state index in [9.17, 15) is 13.6 Å². The minimum absolute atomic E-state index is 0.0433. The van der Waals surface area contributed by atoms with Gasteiger partial charge in [0.15, 0.2) is 0 Å². The van der Waals surface area contributed by atoms with Crippen LogP contribution in [0.2, 0.25) is 0 Å². The van der Waals surface area contributed by atoms with E-state index in [1.54, 1.807) is 12.1 Å². The first-order chi connectivity index (χ1) is 9.51. The molecule has 20 heavy (non-hydrogen) atoms. The van der Waals surface area contributed by atoms with E-state index >= 15 is 0 Å². The highest BCUT2D eigenvalue weighted by atomic mass is 19.3. The molecular weight excluding hydrogens is 266 g/mol. The molecule has 0 aliphatic heterocycles. The maximum Gasteiger partial charge on any atom is 0.387 e. The molecule has 0 bridgehead atoms. The Hall–Kier alpha value is -1.69. The minimum Gasteiger partial charge on any atom is -0.435 e. The Balaban J connectivity index is 2.32. The first-order valence-corrected chi connectivity index (χ1v) is 6.51. The van der Waals surface area contributed by atoms with Gasteiger partial charge < -0.3 is 15.8 Å². The van der Waals surface area contributed by atoms with Crippen LogP contribution in [-0.4, -0.2) is 19.1 Å². The van der Waals surface area contributed by atoms with Crippen LogP contribution in [0.3, 0.4) is 0 Å². The van der Waals surface area contributed by atoms with E-state index < -0.39 is 6.61 Å². The lowest BCUT2D eigenvalue weighted by Gasteiger charge is -2.09. The van der Waals surface area contributed by atoms with Gasteiger partial charge in [-0.3, -0.25) is 4.79 Å². The fourth-order valence-electron chi connectivity index (χ4n) is 1.57. The minimum atomic E-state index is -2.83. The third kappa shape index (κ3) is 6.47. The van der Waals surface area contributed by atoms with Gasteiger partial charge in [-0.25, -0.2) is 0 Å². The molecule has 0 aromatic heterocycles. The second-order valence-corrected chi connectivity index (χ2v) is 4.68. The fourth-order valence-corrected chi connectivity index (χ4v) is 1.57. The molecule has 1 unspecified atom stereocenters. The van der Waals surface area contributed by atoms with Crippen molar-refractivity contribution >= 4 is 5.91 Å². The van der Waals surface area contributed by atoms with E-state index in [4.69, 9.17) is 5.73 Å². The Morgan fingerprint density at radius 3 is 2.55 bits per heavy atom. The maximum absolute atomic E-state index is 12.0. The molecule has 0 aliphatic carbocycles. The van der Waals surface area contributed by atoms with Gasteiger partial charge in [0.1, 0.15) is 5.75 Å². The number of benzene rings is 1. The number of hydrogen-bond acceptors (Lipinski definition) is 3. The van der Waals surface area contributed by atoms with E-state index in [-0.39, 0.29) is 11.7 Å². The highest BCUT2D eigenvalue weighted by Crippen LogP contribution is 2.14. The summed E-state index contributed by atoms with van der Waals surface area (Å²) in [6.07, 6.45) is 1.19. The topological polar surface area (TPSA) is 64.4 Å². The van der Waals surface area contributed by atoms with Crippen LogP contribution >= 0.6 is 0 Å². The number of carbonyl (C=O) groups excluding carboxylic acids is 1. The van der Waals surface area contributed by atoms with Crippen molar-refractivity contribution in [1.29, 1.82) is 0 Å². The van der Waals surface area contributed by atoms with Crippen LogP contribution < -0.4 is 15.8 Å². The zero-order valence-corrected chi connectivity index (χ0v) is 11.4. The number of halogens is 2. The van der Waals surface area contributed by atoms with Gasteiger partial charge in [-0.05, 0) is 36.6 Å². The van der Waals surface area contributed by atoms with Crippen molar-refractivity contribution in [2.75, 3.05) is 6.54 Å². The molecule has 1 atom stereocenters. The molecular formula is C14H20F2N2O2. The van der Waals surface area contributed by atoms with Crippen molar-refractivity contribution < 1.29 is 18.3 Å². The quantitative estimate of drug-likeness (QED) is 0.770. The maximum atomic E-state index is 12.0. The van der Waals surface area contributed by atoms with Gasteiger partial charge >= 0.3 is 6.61 Å². The molecule has 0 saturated heterocycles. The Kier molecular flexibility index (Phi) is 6.93. The molecule has 0 fully saturated rings. The number of nitrogens with two attached hydrogens (primary N) is 1.